The summed E-state index contributed by atoms with van der Waals surface area (Å²) in [5.74, 6) is -0.742. The Labute approximate surface area is 202 Å². The molecule has 3 saturated carbocycles. The number of halogens is 2. The molecule has 6 rings (SSSR count). The molecule has 1 aromatic carbocycles. The molecule has 1 spiro atoms. The van der Waals surface area contributed by atoms with E-state index in [4.69, 9.17) is 10.5 Å². The summed E-state index contributed by atoms with van der Waals surface area (Å²) in [6.45, 7) is 1.87. The van der Waals surface area contributed by atoms with Gasteiger partial charge in [0.2, 0.25) is 5.95 Å². The van der Waals surface area contributed by atoms with Gasteiger partial charge in [0.15, 0.2) is 5.82 Å². The predicted molar refractivity (Wildman–Crippen MR) is 130 cm³/mol. The van der Waals surface area contributed by atoms with Crippen molar-refractivity contribution in [3.63, 3.8) is 0 Å². The second-order valence-corrected chi connectivity index (χ2v) is 10.4. The number of hydrogen-bond donors (Lipinski definition) is 3. The van der Waals surface area contributed by atoms with Gasteiger partial charge in [0.25, 0.3) is 5.92 Å². The second-order valence-electron chi connectivity index (χ2n) is 10.4. The first kappa shape index (κ1) is 22.5. The van der Waals surface area contributed by atoms with Gasteiger partial charge < -0.3 is 21.1 Å². The van der Waals surface area contributed by atoms with Crippen LogP contribution in [0.4, 0.5) is 20.5 Å². The van der Waals surface area contributed by atoms with Gasteiger partial charge in [-0.3, -0.25) is 4.68 Å². The van der Waals surface area contributed by atoms with Gasteiger partial charge in [-0.05, 0) is 43.2 Å². The average molecular weight is 484 g/mol. The Hall–Kier alpha value is -3.01. The van der Waals surface area contributed by atoms with Crippen molar-refractivity contribution in [3.8, 4) is 5.75 Å². The van der Waals surface area contributed by atoms with Crippen molar-refractivity contribution < 1.29 is 13.5 Å². The Kier molecular flexibility index (Phi) is 5.32. The predicted octanol–water partition coefficient (Wildman–Crippen LogP) is 3.95. The second kappa shape index (κ2) is 8.29. The van der Waals surface area contributed by atoms with Crippen molar-refractivity contribution in [2.75, 3.05) is 24.7 Å². The topological polar surface area (TPSA) is 103 Å². The van der Waals surface area contributed by atoms with Gasteiger partial charge in [-0.1, -0.05) is 18.6 Å². The lowest BCUT2D eigenvalue weighted by Crippen LogP contribution is -2.34. The summed E-state index contributed by atoms with van der Waals surface area (Å²) in [7, 11) is 1.68. The van der Waals surface area contributed by atoms with Crippen molar-refractivity contribution in [2.24, 2.45) is 11.3 Å². The minimum atomic E-state index is -2.48. The van der Waals surface area contributed by atoms with Crippen LogP contribution in [0.2, 0.25) is 0 Å². The molecule has 35 heavy (non-hydrogen) atoms. The van der Waals surface area contributed by atoms with Gasteiger partial charge in [0.1, 0.15) is 16.8 Å². The zero-order valence-electron chi connectivity index (χ0n) is 19.9. The number of hydrogen-bond acceptors (Lipinski definition) is 7. The molecule has 0 bridgehead atoms. The molecule has 2 heterocycles. The van der Waals surface area contributed by atoms with Gasteiger partial charge in [0.05, 0.1) is 19.9 Å². The van der Waals surface area contributed by atoms with Gasteiger partial charge in [-0.25, -0.2) is 13.8 Å². The number of fused-ring (bicyclic) bond motifs is 1. The van der Waals surface area contributed by atoms with Crippen LogP contribution >= 0.6 is 0 Å². The molecular weight excluding hydrogens is 452 g/mol. The van der Waals surface area contributed by atoms with E-state index in [-0.39, 0.29) is 18.3 Å². The quantitative estimate of drug-likeness (QED) is 0.423. The van der Waals surface area contributed by atoms with Crippen LogP contribution in [-0.4, -0.2) is 45.4 Å². The fourth-order valence-electron chi connectivity index (χ4n) is 5.58. The highest BCUT2D eigenvalue weighted by atomic mass is 19.3. The van der Waals surface area contributed by atoms with Crippen molar-refractivity contribution in [1.82, 2.24) is 25.1 Å². The normalized spacial score (nSPS) is 24.8. The lowest BCUT2D eigenvalue weighted by Gasteiger charge is -2.36. The largest absolute Gasteiger partial charge is 0.496 e. The average Bonchev–Trinajstić information content (AvgIpc) is 3.13. The maximum atomic E-state index is 13.5. The molecule has 0 atom stereocenters. The number of nitrogens with one attached hydrogen (secondary N) is 2. The minimum absolute atomic E-state index is 0.0330. The highest BCUT2D eigenvalue weighted by Gasteiger charge is 2.75. The third kappa shape index (κ3) is 4.07. The number of alkyl halides is 2. The minimum Gasteiger partial charge on any atom is -0.496 e. The maximum absolute atomic E-state index is 13.5. The fourth-order valence-corrected chi connectivity index (χ4v) is 5.58. The van der Waals surface area contributed by atoms with Crippen LogP contribution in [0.15, 0.2) is 24.4 Å². The Morgan fingerprint density at radius 1 is 1.23 bits per heavy atom. The van der Waals surface area contributed by atoms with Gasteiger partial charge in [-0.15, -0.1) is 0 Å². The van der Waals surface area contributed by atoms with E-state index in [1.807, 2.05) is 4.68 Å². The molecule has 10 heteroatoms. The smallest absolute Gasteiger partial charge is 0.254 e. The highest BCUT2D eigenvalue weighted by Crippen LogP contribution is 2.72. The number of ether oxygens (including phenoxy) is 1. The van der Waals surface area contributed by atoms with Crippen LogP contribution < -0.4 is 21.1 Å². The van der Waals surface area contributed by atoms with E-state index in [2.05, 4.69) is 43.9 Å². The third-order valence-electron chi connectivity index (χ3n) is 8.01. The van der Waals surface area contributed by atoms with E-state index in [0.29, 0.717) is 43.3 Å². The lowest BCUT2D eigenvalue weighted by atomic mass is 9.71. The fraction of sp³-hybridized carbons (Fsp3) is 0.560. The van der Waals surface area contributed by atoms with Crippen molar-refractivity contribution >= 4 is 22.8 Å². The van der Waals surface area contributed by atoms with E-state index in [1.165, 1.54) is 24.8 Å². The molecule has 3 aliphatic carbocycles. The van der Waals surface area contributed by atoms with E-state index in [9.17, 15) is 8.78 Å². The van der Waals surface area contributed by atoms with Crippen LogP contribution in [0.1, 0.15) is 49.7 Å². The van der Waals surface area contributed by atoms with Crippen LogP contribution in [0.5, 0.6) is 5.75 Å². The van der Waals surface area contributed by atoms with Crippen LogP contribution in [0.25, 0.3) is 11.0 Å². The molecule has 3 aromatic rings. The number of anilines is 2. The summed E-state index contributed by atoms with van der Waals surface area (Å²) in [5, 5.41) is 11.5. The molecule has 4 N–H and O–H groups in total. The highest BCUT2D eigenvalue weighted by molar-refractivity contribution is 5.86. The van der Waals surface area contributed by atoms with E-state index in [0.717, 1.165) is 23.4 Å². The molecule has 8 nitrogen and oxygen atoms in total. The first-order chi connectivity index (χ1) is 16.9. The molecule has 0 unspecified atom stereocenters. The molecular formula is C25H31F2N7O. The number of rotatable bonds is 9. The summed E-state index contributed by atoms with van der Waals surface area (Å²) in [6.07, 6.45) is 6.61. The Bertz CT molecular complexity index is 1250. The third-order valence-corrected chi connectivity index (χ3v) is 8.01. The Morgan fingerprint density at radius 2 is 2.03 bits per heavy atom. The zero-order chi connectivity index (χ0) is 24.2. The molecule has 0 aliphatic heterocycles. The zero-order valence-corrected chi connectivity index (χ0v) is 19.9. The van der Waals surface area contributed by atoms with Crippen LogP contribution in [0, 0.1) is 11.3 Å². The standard InChI is InChI=1S/C25H31F2N7O/c1-35-20-7-15(10-29-18-3-2-4-18)5-6-17(20)13-34-21-19(12-31-34)32-23(28)33-22(21)30-11-16-8-24(9-16)14-25(24,26)27/h5-7,12,16,18,29H,2-4,8-11,13-14H2,1H3,(H3,28,30,32,33). The Morgan fingerprint density at radius 3 is 2.71 bits per heavy atom. The summed E-state index contributed by atoms with van der Waals surface area (Å²) >= 11 is 0. The monoisotopic (exact) mass is 483 g/mol. The number of benzene rings is 1. The number of nitrogens with two attached hydrogens (primary N) is 1. The SMILES string of the molecule is COc1cc(CNC2CCC2)ccc1Cn1ncc2nc(N)nc(NCC3CC4(C3)CC4(F)F)c21. The van der Waals surface area contributed by atoms with E-state index < -0.39 is 11.3 Å². The molecule has 3 fully saturated rings. The number of methoxy groups -OCH3 is 1. The summed E-state index contributed by atoms with van der Waals surface area (Å²) in [5.41, 5.74) is 8.74. The van der Waals surface area contributed by atoms with Crippen LogP contribution in [-0.2, 0) is 13.1 Å². The van der Waals surface area contributed by atoms with Gasteiger partial charge >= 0.3 is 0 Å². The van der Waals surface area contributed by atoms with Gasteiger partial charge in [0, 0.05) is 36.5 Å². The Balaban J connectivity index is 1.18. The molecule has 0 amide bonds. The molecule has 0 radical (unpaired) electrons. The molecule has 186 valence electrons. The van der Waals surface area contributed by atoms with Gasteiger partial charge in [-0.2, -0.15) is 10.1 Å². The molecule has 3 aliphatic rings. The van der Waals surface area contributed by atoms with E-state index >= 15 is 0 Å². The number of nitrogen functional groups attached to an aromatic ring is 1. The molecule has 2 aromatic heterocycles. The summed E-state index contributed by atoms with van der Waals surface area (Å²) < 4.78 is 34.6. The number of nitrogens with zero attached hydrogens (tertiary/aromatic N) is 4. The first-order valence-corrected chi connectivity index (χ1v) is 12.4. The lowest BCUT2D eigenvalue weighted by molar-refractivity contribution is 0.00528. The molecule has 0 saturated heterocycles. The number of aromatic nitrogens is 4. The van der Waals surface area contributed by atoms with Crippen LogP contribution in [0.3, 0.4) is 0 Å². The summed E-state index contributed by atoms with van der Waals surface area (Å²) in [4.78, 5) is 8.73. The first-order valence-electron chi connectivity index (χ1n) is 12.4. The van der Waals surface area contributed by atoms with Crippen molar-refractivity contribution in [3.05, 3.63) is 35.5 Å². The van der Waals surface area contributed by atoms with Crippen molar-refractivity contribution in [1.29, 1.82) is 0 Å². The van der Waals surface area contributed by atoms with Crippen molar-refractivity contribution in [2.45, 2.75) is 63.6 Å². The van der Waals surface area contributed by atoms with E-state index in [1.54, 1.807) is 13.3 Å². The summed E-state index contributed by atoms with van der Waals surface area (Å²) in [6, 6.07) is 6.88. The maximum Gasteiger partial charge on any atom is 0.254 e.